The van der Waals surface area contributed by atoms with Gasteiger partial charge in [-0.3, -0.25) is 4.79 Å². The molecular formula is C13H26N2O. The fourth-order valence-corrected chi connectivity index (χ4v) is 1.82. The van der Waals surface area contributed by atoms with Crippen LogP contribution in [-0.2, 0) is 4.79 Å². The van der Waals surface area contributed by atoms with Crippen LogP contribution < -0.4 is 11.1 Å². The minimum absolute atomic E-state index is 0.0128. The number of hydrogen-bond acceptors (Lipinski definition) is 2. The summed E-state index contributed by atoms with van der Waals surface area (Å²) < 4.78 is 0. The highest BCUT2D eigenvalue weighted by atomic mass is 16.1. The Bertz CT molecular complexity index is 262. The fourth-order valence-electron chi connectivity index (χ4n) is 1.82. The van der Waals surface area contributed by atoms with Gasteiger partial charge in [-0.2, -0.15) is 0 Å². The molecule has 1 atom stereocenters. The Labute approximate surface area is 99.2 Å². The molecule has 94 valence electrons. The Morgan fingerprint density at radius 2 is 1.81 bits per heavy atom. The summed E-state index contributed by atoms with van der Waals surface area (Å²) in [5.41, 5.74) is 5.93. The van der Waals surface area contributed by atoms with Crippen LogP contribution in [0.5, 0.6) is 0 Å². The molecule has 0 bridgehead atoms. The average molecular weight is 226 g/mol. The van der Waals surface area contributed by atoms with Crippen LogP contribution >= 0.6 is 0 Å². The van der Waals surface area contributed by atoms with Gasteiger partial charge in [-0.25, -0.2) is 0 Å². The van der Waals surface area contributed by atoms with Gasteiger partial charge in [-0.1, -0.05) is 20.8 Å². The van der Waals surface area contributed by atoms with E-state index in [1.165, 1.54) is 12.8 Å². The third-order valence-corrected chi connectivity index (χ3v) is 3.58. The van der Waals surface area contributed by atoms with Crippen molar-refractivity contribution in [2.45, 2.75) is 65.5 Å². The van der Waals surface area contributed by atoms with Gasteiger partial charge in [-0.15, -0.1) is 0 Å². The molecule has 1 saturated carbocycles. The molecule has 3 nitrogen and oxygen atoms in total. The molecule has 1 aliphatic carbocycles. The van der Waals surface area contributed by atoms with Crippen LogP contribution in [0.2, 0.25) is 0 Å². The van der Waals surface area contributed by atoms with E-state index >= 15 is 0 Å². The maximum Gasteiger partial charge on any atom is 0.221 e. The van der Waals surface area contributed by atoms with Gasteiger partial charge >= 0.3 is 0 Å². The second-order valence-corrected chi connectivity index (χ2v) is 6.72. The summed E-state index contributed by atoms with van der Waals surface area (Å²) >= 11 is 0. The van der Waals surface area contributed by atoms with Gasteiger partial charge in [-0.05, 0) is 38.0 Å². The third kappa shape index (κ3) is 3.78. The summed E-state index contributed by atoms with van der Waals surface area (Å²) in [6, 6.07) is -0.0810. The standard InChI is InChI=1S/C13H26N2O/c1-12(2,3)10(14)8-11(16)15-13(4,5)9-6-7-9/h9-10H,6-8,14H2,1-5H3,(H,15,16). The lowest BCUT2D eigenvalue weighted by Crippen LogP contribution is -2.48. The summed E-state index contributed by atoms with van der Waals surface area (Å²) in [5.74, 6) is 0.738. The van der Waals surface area contributed by atoms with Crippen LogP contribution in [0.25, 0.3) is 0 Å². The second kappa shape index (κ2) is 4.36. The van der Waals surface area contributed by atoms with Crippen molar-refractivity contribution in [1.29, 1.82) is 0 Å². The summed E-state index contributed by atoms with van der Waals surface area (Å²) in [7, 11) is 0. The number of rotatable bonds is 4. The lowest BCUT2D eigenvalue weighted by molar-refractivity contribution is -0.123. The predicted molar refractivity (Wildman–Crippen MR) is 67.0 cm³/mol. The van der Waals surface area contributed by atoms with E-state index in [-0.39, 0.29) is 22.9 Å². The number of amides is 1. The Balaban J connectivity index is 2.41. The zero-order valence-electron chi connectivity index (χ0n) is 11.3. The van der Waals surface area contributed by atoms with E-state index < -0.39 is 0 Å². The van der Waals surface area contributed by atoms with Crippen molar-refractivity contribution >= 4 is 5.91 Å². The highest BCUT2D eigenvalue weighted by Crippen LogP contribution is 2.39. The fraction of sp³-hybridized carbons (Fsp3) is 0.923. The first-order valence-electron chi connectivity index (χ1n) is 6.19. The third-order valence-electron chi connectivity index (χ3n) is 3.58. The van der Waals surface area contributed by atoms with E-state index in [0.29, 0.717) is 12.3 Å². The normalized spacial score (nSPS) is 19.4. The van der Waals surface area contributed by atoms with Crippen LogP contribution in [0.3, 0.4) is 0 Å². The zero-order chi connectivity index (χ0) is 12.6. The van der Waals surface area contributed by atoms with Gasteiger partial charge in [0.2, 0.25) is 5.91 Å². The van der Waals surface area contributed by atoms with Gasteiger partial charge in [0, 0.05) is 18.0 Å². The molecule has 0 aliphatic heterocycles. The topological polar surface area (TPSA) is 55.1 Å². The molecular weight excluding hydrogens is 200 g/mol. The number of carbonyl (C=O) groups excluding carboxylic acids is 1. The van der Waals surface area contributed by atoms with Crippen molar-refractivity contribution in [3.05, 3.63) is 0 Å². The SMILES string of the molecule is CC(C)(C)C(N)CC(=O)NC(C)(C)C1CC1. The van der Waals surface area contributed by atoms with Gasteiger partial charge in [0.1, 0.15) is 0 Å². The Kier molecular flexibility index (Phi) is 3.68. The monoisotopic (exact) mass is 226 g/mol. The van der Waals surface area contributed by atoms with Crippen LogP contribution in [-0.4, -0.2) is 17.5 Å². The van der Waals surface area contributed by atoms with Crippen molar-refractivity contribution < 1.29 is 4.79 Å². The molecule has 0 aromatic carbocycles. The molecule has 1 rings (SSSR count). The molecule has 0 saturated heterocycles. The quantitative estimate of drug-likeness (QED) is 0.771. The minimum Gasteiger partial charge on any atom is -0.351 e. The van der Waals surface area contributed by atoms with Crippen molar-refractivity contribution in [2.75, 3.05) is 0 Å². The molecule has 0 heterocycles. The van der Waals surface area contributed by atoms with Crippen LogP contribution in [0, 0.1) is 11.3 Å². The summed E-state index contributed by atoms with van der Waals surface area (Å²) in [5, 5.41) is 3.10. The first-order chi connectivity index (χ1) is 7.13. The molecule has 0 aromatic rings. The van der Waals surface area contributed by atoms with E-state index in [9.17, 15) is 4.79 Å². The summed E-state index contributed by atoms with van der Waals surface area (Å²) in [4.78, 5) is 11.9. The van der Waals surface area contributed by atoms with Gasteiger partial charge in [0.05, 0.1) is 0 Å². The molecule has 0 radical (unpaired) electrons. The largest absolute Gasteiger partial charge is 0.351 e. The van der Waals surface area contributed by atoms with Gasteiger partial charge in [0.25, 0.3) is 0 Å². The smallest absolute Gasteiger partial charge is 0.221 e. The first kappa shape index (κ1) is 13.5. The molecule has 1 aliphatic rings. The van der Waals surface area contributed by atoms with Crippen molar-refractivity contribution in [3.63, 3.8) is 0 Å². The highest BCUT2D eigenvalue weighted by molar-refractivity contribution is 5.77. The van der Waals surface area contributed by atoms with Crippen LogP contribution in [0.1, 0.15) is 53.9 Å². The van der Waals surface area contributed by atoms with Crippen molar-refractivity contribution in [2.24, 2.45) is 17.1 Å². The molecule has 3 heteroatoms. The van der Waals surface area contributed by atoms with Crippen molar-refractivity contribution in [1.82, 2.24) is 5.32 Å². The molecule has 1 fully saturated rings. The maximum atomic E-state index is 11.9. The summed E-state index contributed by atoms with van der Waals surface area (Å²) in [6.07, 6.45) is 2.89. The lowest BCUT2D eigenvalue weighted by atomic mass is 9.85. The van der Waals surface area contributed by atoms with E-state index in [1.807, 2.05) is 0 Å². The minimum atomic E-state index is -0.0810. The number of hydrogen-bond donors (Lipinski definition) is 2. The zero-order valence-corrected chi connectivity index (χ0v) is 11.3. The van der Waals surface area contributed by atoms with Gasteiger partial charge < -0.3 is 11.1 Å². The molecule has 0 spiro atoms. The van der Waals surface area contributed by atoms with E-state index in [4.69, 9.17) is 5.73 Å². The number of carbonyl (C=O) groups is 1. The molecule has 3 N–H and O–H groups in total. The molecule has 1 amide bonds. The summed E-state index contributed by atoms with van der Waals surface area (Å²) in [6.45, 7) is 10.4. The average Bonchev–Trinajstić information content (AvgIpc) is 2.81. The van der Waals surface area contributed by atoms with Crippen LogP contribution in [0.15, 0.2) is 0 Å². The molecule has 1 unspecified atom stereocenters. The van der Waals surface area contributed by atoms with Crippen LogP contribution in [0.4, 0.5) is 0 Å². The van der Waals surface area contributed by atoms with Gasteiger partial charge in [0.15, 0.2) is 0 Å². The highest BCUT2D eigenvalue weighted by Gasteiger charge is 2.39. The molecule has 16 heavy (non-hydrogen) atoms. The Hall–Kier alpha value is -0.570. The Morgan fingerprint density at radius 3 is 2.19 bits per heavy atom. The van der Waals surface area contributed by atoms with E-state index in [1.54, 1.807) is 0 Å². The van der Waals surface area contributed by atoms with E-state index in [2.05, 4.69) is 39.9 Å². The number of nitrogens with two attached hydrogens (primary N) is 1. The first-order valence-corrected chi connectivity index (χ1v) is 6.19. The molecule has 0 aromatic heterocycles. The Morgan fingerprint density at radius 1 is 1.31 bits per heavy atom. The van der Waals surface area contributed by atoms with E-state index in [0.717, 1.165) is 0 Å². The lowest BCUT2D eigenvalue weighted by Gasteiger charge is -2.30. The second-order valence-electron chi connectivity index (χ2n) is 6.72. The maximum absolute atomic E-state index is 11.9. The predicted octanol–water partition coefficient (Wildman–Crippen LogP) is 2.05. The number of nitrogens with one attached hydrogen (secondary N) is 1. The van der Waals surface area contributed by atoms with Crippen molar-refractivity contribution in [3.8, 4) is 0 Å².